The van der Waals surface area contributed by atoms with Crippen LogP contribution in [0.3, 0.4) is 0 Å². The van der Waals surface area contributed by atoms with E-state index in [-0.39, 0.29) is 0 Å². The number of unbranched alkanes of at least 4 members (excludes halogenated alkanes) is 5. The SMILES string of the molecule is C=CCCCCCCC[Si](C)(C)C1CCCCO1. The summed E-state index contributed by atoms with van der Waals surface area (Å²) < 4.78 is 6.00. The topological polar surface area (TPSA) is 9.23 Å². The van der Waals surface area contributed by atoms with Crippen LogP contribution in [0, 0.1) is 0 Å². The standard InChI is InChI=1S/C16H32OSi/c1-4-5-6-7-8-9-12-15-18(2,3)16-13-10-11-14-17-16/h4,16H,1,5-15H2,2-3H3. The van der Waals surface area contributed by atoms with Gasteiger partial charge in [0.1, 0.15) is 0 Å². The number of allylic oxidation sites excluding steroid dienone is 1. The van der Waals surface area contributed by atoms with E-state index in [0.29, 0.717) is 5.73 Å². The van der Waals surface area contributed by atoms with Crippen molar-refractivity contribution >= 4 is 8.07 Å². The van der Waals surface area contributed by atoms with E-state index in [1.807, 2.05) is 6.08 Å². The van der Waals surface area contributed by atoms with Gasteiger partial charge in [-0.1, -0.05) is 50.9 Å². The molecular weight excluding hydrogens is 236 g/mol. The molecule has 2 heteroatoms. The van der Waals surface area contributed by atoms with Crippen LogP contribution in [0.25, 0.3) is 0 Å². The summed E-state index contributed by atoms with van der Waals surface area (Å²) in [6.45, 7) is 9.84. The zero-order valence-corrected chi connectivity index (χ0v) is 13.5. The highest BCUT2D eigenvalue weighted by Crippen LogP contribution is 2.27. The Kier molecular flexibility index (Phi) is 7.92. The number of hydrogen-bond donors (Lipinski definition) is 0. The fourth-order valence-electron chi connectivity index (χ4n) is 2.92. The molecule has 0 amide bonds. The normalized spacial score (nSPS) is 20.9. The molecule has 1 nitrogen and oxygen atoms in total. The minimum Gasteiger partial charge on any atom is -0.382 e. The molecule has 0 N–H and O–H groups in total. The molecule has 0 spiro atoms. The van der Waals surface area contributed by atoms with E-state index < -0.39 is 8.07 Å². The lowest BCUT2D eigenvalue weighted by atomic mass is 10.1. The Hall–Kier alpha value is -0.0831. The van der Waals surface area contributed by atoms with Crippen molar-refractivity contribution in [2.45, 2.75) is 82.7 Å². The van der Waals surface area contributed by atoms with Crippen molar-refractivity contribution in [3.8, 4) is 0 Å². The van der Waals surface area contributed by atoms with E-state index in [2.05, 4.69) is 19.7 Å². The van der Waals surface area contributed by atoms with Gasteiger partial charge >= 0.3 is 0 Å². The van der Waals surface area contributed by atoms with Crippen molar-refractivity contribution < 1.29 is 4.74 Å². The van der Waals surface area contributed by atoms with Gasteiger partial charge in [-0.15, -0.1) is 6.58 Å². The molecule has 1 aliphatic heterocycles. The molecule has 1 fully saturated rings. The van der Waals surface area contributed by atoms with E-state index in [1.54, 1.807) is 0 Å². The summed E-state index contributed by atoms with van der Waals surface area (Å²) >= 11 is 0. The van der Waals surface area contributed by atoms with Gasteiger partial charge in [0.25, 0.3) is 0 Å². The van der Waals surface area contributed by atoms with Crippen molar-refractivity contribution in [2.24, 2.45) is 0 Å². The Bertz CT molecular complexity index is 219. The summed E-state index contributed by atoms with van der Waals surface area (Å²) in [5.74, 6) is 0. The molecule has 1 heterocycles. The first-order valence-corrected chi connectivity index (χ1v) is 11.2. The molecule has 0 bridgehead atoms. The first-order valence-electron chi connectivity index (χ1n) is 7.89. The monoisotopic (exact) mass is 268 g/mol. The van der Waals surface area contributed by atoms with Crippen molar-refractivity contribution in [3.05, 3.63) is 12.7 Å². The summed E-state index contributed by atoms with van der Waals surface area (Å²) in [5.41, 5.74) is 0.645. The molecule has 0 aromatic rings. The summed E-state index contributed by atoms with van der Waals surface area (Å²) in [5, 5.41) is 0. The average Bonchev–Trinajstić information content (AvgIpc) is 2.39. The zero-order valence-electron chi connectivity index (χ0n) is 12.5. The predicted octanol–water partition coefficient (Wildman–Crippen LogP) is 5.33. The van der Waals surface area contributed by atoms with Crippen molar-refractivity contribution in [1.82, 2.24) is 0 Å². The molecule has 0 saturated carbocycles. The molecule has 0 aromatic heterocycles. The smallest absolute Gasteiger partial charge is 0.0815 e. The molecule has 0 aliphatic carbocycles. The van der Waals surface area contributed by atoms with Gasteiger partial charge in [0.15, 0.2) is 0 Å². The van der Waals surface area contributed by atoms with Gasteiger partial charge in [-0.3, -0.25) is 0 Å². The number of rotatable bonds is 9. The summed E-state index contributed by atoms with van der Waals surface area (Å²) in [7, 11) is -1.12. The van der Waals surface area contributed by atoms with Crippen LogP contribution in [0.4, 0.5) is 0 Å². The summed E-state index contributed by atoms with van der Waals surface area (Å²) in [4.78, 5) is 0. The van der Waals surface area contributed by atoms with E-state index in [1.165, 1.54) is 63.8 Å². The van der Waals surface area contributed by atoms with Crippen LogP contribution in [0.15, 0.2) is 12.7 Å². The Morgan fingerprint density at radius 1 is 1.11 bits per heavy atom. The van der Waals surface area contributed by atoms with Crippen molar-refractivity contribution in [3.63, 3.8) is 0 Å². The second-order valence-corrected chi connectivity index (χ2v) is 11.6. The molecular formula is C16H32OSi. The van der Waals surface area contributed by atoms with Gasteiger partial charge in [-0.2, -0.15) is 0 Å². The maximum atomic E-state index is 6.00. The Balaban J connectivity index is 2.07. The number of hydrogen-bond acceptors (Lipinski definition) is 1. The van der Waals surface area contributed by atoms with Crippen LogP contribution >= 0.6 is 0 Å². The third-order valence-corrected chi connectivity index (χ3v) is 8.12. The molecule has 1 unspecified atom stereocenters. The summed E-state index contributed by atoms with van der Waals surface area (Å²) in [6, 6.07) is 1.46. The molecule has 0 aromatic carbocycles. The fraction of sp³-hybridized carbons (Fsp3) is 0.875. The van der Waals surface area contributed by atoms with Crippen molar-refractivity contribution in [2.75, 3.05) is 6.61 Å². The Labute approximate surface area is 115 Å². The molecule has 1 saturated heterocycles. The highest BCUT2D eigenvalue weighted by molar-refractivity contribution is 6.78. The third kappa shape index (κ3) is 6.19. The van der Waals surface area contributed by atoms with Gasteiger partial charge in [-0.25, -0.2) is 0 Å². The van der Waals surface area contributed by atoms with Crippen LogP contribution < -0.4 is 0 Å². The molecule has 1 rings (SSSR count). The van der Waals surface area contributed by atoms with Crippen LogP contribution in [-0.2, 0) is 4.74 Å². The lowest BCUT2D eigenvalue weighted by Gasteiger charge is -2.35. The van der Waals surface area contributed by atoms with Crippen LogP contribution in [0.2, 0.25) is 19.1 Å². The lowest BCUT2D eigenvalue weighted by molar-refractivity contribution is 0.0597. The van der Waals surface area contributed by atoms with E-state index in [0.717, 1.165) is 6.61 Å². The quantitative estimate of drug-likeness (QED) is 0.312. The highest BCUT2D eigenvalue weighted by atomic mass is 28.3. The van der Waals surface area contributed by atoms with Crippen LogP contribution in [-0.4, -0.2) is 20.4 Å². The average molecular weight is 269 g/mol. The molecule has 1 aliphatic rings. The van der Waals surface area contributed by atoms with Crippen LogP contribution in [0.5, 0.6) is 0 Å². The van der Waals surface area contributed by atoms with Gasteiger partial charge in [0, 0.05) is 12.3 Å². The lowest BCUT2D eigenvalue weighted by Crippen LogP contribution is -2.45. The van der Waals surface area contributed by atoms with Gasteiger partial charge in [0.2, 0.25) is 0 Å². The molecule has 18 heavy (non-hydrogen) atoms. The molecule has 1 atom stereocenters. The predicted molar refractivity (Wildman–Crippen MR) is 83.8 cm³/mol. The minimum absolute atomic E-state index is 0.645. The van der Waals surface area contributed by atoms with Gasteiger partial charge in [-0.05, 0) is 32.1 Å². The number of ether oxygens (including phenoxy) is 1. The molecule has 0 radical (unpaired) electrons. The minimum atomic E-state index is -1.12. The Morgan fingerprint density at radius 2 is 1.83 bits per heavy atom. The second kappa shape index (κ2) is 8.92. The van der Waals surface area contributed by atoms with E-state index >= 15 is 0 Å². The third-order valence-electron chi connectivity index (χ3n) is 4.28. The largest absolute Gasteiger partial charge is 0.382 e. The fourth-order valence-corrected chi connectivity index (χ4v) is 5.96. The highest BCUT2D eigenvalue weighted by Gasteiger charge is 2.33. The van der Waals surface area contributed by atoms with E-state index in [4.69, 9.17) is 4.74 Å². The maximum Gasteiger partial charge on any atom is 0.0815 e. The van der Waals surface area contributed by atoms with Gasteiger partial charge in [0.05, 0.1) is 8.07 Å². The first kappa shape index (κ1) is 16.0. The second-order valence-electron chi connectivity index (χ2n) is 6.44. The maximum absolute atomic E-state index is 6.00. The van der Waals surface area contributed by atoms with Crippen molar-refractivity contribution in [1.29, 1.82) is 0 Å². The first-order chi connectivity index (χ1) is 8.67. The van der Waals surface area contributed by atoms with Crippen LogP contribution in [0.1, 0.15) is 57.8 Å². The summed E-state index contributed by atoms with van der Waals surface area (Å²) in [6.07, 6.45) is 14.2. The Morgan fingerprint density at radius 3 is 2.50 bits per heavy atom. The van der Waals surface area contributed by atoms with Gasteiger partial charge < -0.3 is 4.74 Å². The molecule has 106 valence electrons. The zero-order chi connectivity index (χ0) is 13.3. The van der Waals surface area contributed by atoms with E-state index in [9.17, 15) is 0 Å².